The Morgan fingerprint density at radius 3 is 2.95 bits per heavy atom. The largest absolute Gasteiger partial charge is 0.384 e. The van der Waals surface area contributed by atoms with Gasteiger partial charge in [-0.2, -0.15) is 0 Å². The molecule has 0 unspecified atom stereocenters. The lowest BCUT2D eigenvalue weighted by molar-refractivity contribution is -0.117. The summed E-state index contributed by atoms with van der Waals surface area (Å²) in [7, 11) is 0. The zero-order valence-electron chi connectivity index (χ0n) is 11.4. The van der Waals surface area contributed by atoms with Crippen LogP contribution in [-0.2, 0) is 9.53 Å². The fraction of sp³-hybridized carbons (Fsp3) is 0.400. The van der Waals surface area contributed by atoms with Crippen LogP contribution in [0.1, 0.15) is 25.3 Å². The van der Waals surface area contributed by atoms with Crippen LogP contribution in [0.3, 0.4) is 0 Å². The topological polar surface area (TPSA) is 58.6 Å². The highest BCUT2D eigenvalue weighted by atomic mass is 35.5. The molecule has 108 valence electrons. The number of hydrogen-bond acceptors (Lipinski definition) is 3. The van der Waals surface area contributed by atoms with E-state index in [0.717, 1.165) is 6.42 Å². The average Bonchev–Trinajstić information content (AvgIpc) is 2.43. The number of nitrogens with one attached hydrogen (secondary N) is 1. The molecular weight excluding hydrogens is 278 g/mol. The van der Waals surface area contributed by atoms with Crippen LogP contribution in [0.5, 0.6) is 0 Å². The summed E-state index contributed by atoms with van der Waals surface area (Å²) < 4.78 is 5.26. The predicted molar refractivity (Wildman–Crippen MR) is 79.8 cm³/mol. The molecule has 4 nitrogen and oxygen atoms in total. The Bertz CT molecular complexity index is 506. The van der Waals surface area contributed by atoms with Gasteiger partial charge in [0.15, 0.2) is 0 Å². The highest BCUT2D eigenvalue weighted by molar-refractivity contribution is 6.31. The lowest BCUT2D eigenvalue weighted by Gasteiger charge is -2.08. The molecule has 0 fully saturated rings. The van der Waals surface area contributed by atoms with Crippen LogP contribution in [0, 0.1) is 11.8 Å². The van der Waals surface area contributed by atoms with E-state index in [0.29, 0.717) is 29.5 Å². The van der Waals surface area contributed by atoms with Crippen molar-refractivity contribution in [3.63, 3.8) is 0 Å². The van der Waals surface area contributed by atoms with E-state index in [-0.39, 0.29) is 18.9 Å². The monoisotopic (exact) mass is 295 g/mol. The highest BCUT2D eigenvalue weighted by Crippen LogP contribution is 2.20. The number of rotatable bonds is 6. The van der Waals surface area contributed by atoms with Gasteiger partial charge in [0.1, 0.15) is 6.61 Å². The lowest BCUT2D eigenvalue weighted by Crippen LogP contribution is -2.15. The Labute approximate surface area is 124 Å². The first-order valence-electron chi connectivity index (χ1n) is 6.44. The molecular formula is C15H18ClNO3. The van der Waals surface area contributed by atoms with Crippen molar-refractivity contribution in [3.05, 3.63) is 28.8 Å². The van der Waals surface area contributed by atoms with Crippen molar-refractivity contribution in [1.29, 1.82) is 0 Å². The number of anilines is 1. The molecule has 0 aliphatic heterocycles. The van der Waals surface area contributed by atoms with E-state index in [2.05, 4.69) is 17.2 Å². The van der Waals surface area contributed by atoms with Crippen LogP contribution in [-0.4, -0.2) is 30.8 Å². The first-order chi connectivity index (χ1) is 9.67. The van der Waals surface area contributed by atoms with Crippen LogP contribution >= 0.6 is 11.6 Å². The van der Waals surface area contributed by atoms with Crippen LogP contribution in [0.2, 0.25) is 5.02 Å². The number of aliphatic hydroxyl groups excluding tert-OH is 1. The minimum absolute atomic E-state index is 0.157. The van der Waals surface area contributed by atoms with Crippen molar-refractivity contribution < 1.29 is 14.6 Å². The van der Waals surface area contributed by atoms with Gasteiger partial charge < -0.3 is 15.2 Å². The van der Waals surface area contributed by atoms with Crippen LogP contribution < -0.4 is 5.32 Å². The summed E-state index contributed by atoms with van der Waals surface area (Å²) in [6, 6.07) is 5.02. The van der Waals surface area contributed by atoms with Crippen molar-refractivity contribution in [1.82, 2.24) is 0 Å². The van der Waals surface area contributed by atoms with E-state index in [4.69, 9.17) is 21.4 Å². The predicted octanol–water partition coefficient (Wildman–Crippen LogP) is 2.44. The van der Waals surface area contributed by atoms with E-state index in [1.54, 1.807) is 18.2 Å². The molecule has 1 rings (SSSR count). The molecule has 0 atom stereocenters. The number of carbonyl (C=O) groups is 1. The summed E-state index contributed by atoms with van der Waals surface area (Å²) in [5, 5.41) is 12.0. The maximum Gasteiger partial charge on any atom is 0.226 e. The molecule has 0 radical (unpaired) electrons. The third kappa shape index (κ3) is 6.07. The van der Waals surface area contributed by atoms with Gasteiger partial charge in [-0.1, -0.05) is 30.4 Å². The van der Waals surface area contributed by atoms with Crippen LogP contribution in [0.15, 0.2) is 18.2 Å². The van der Waals surface area contributed by atoms with Gasteiger partial charge in [0.25, 0.3) is 0 Å². The zero-order chi connectivity index (χ0) is 14.8. The number of amides is 1. The number of halogens is 1. The Kier molecular flexibility index (Phi) is 7.74. The molecule has 0 bridgehead atoms. The van der Waals surface area contributed by atoms with E-state index in [1.165, 1.54) is 0 Å². The molecule has 1 aromatic carbocycles. The van der Waals surface area contributed by atoms with E-state index < -0.39 is 0 Å². The maximum absolute atomic E-state index is 11.8. The van der Waals surface area contributed by atoms with E-state index in [1.807, 2.05) is 6.92 Å². The third-order valence-electron chi connectivity index (χ3n) is 2.38. The number of benzene rings is 1. The minimum atomic E-state index is -0.235. The Balaban J connectivity index is 2.65. The first kappa shape index (κ1) is 16.5. The van der Waals surface area contributed by atoms with Gasteiger partial charge in [-0.05, 0) is 24.6 Å². The van der Waals surface area contributed by atoms with Gasteiger partial charge >= 0.3 is 0 Å². The Morgan fingerprint density at radius 2 is 2.25 bits per heavy atom. The van der Waals surface area contributed by atoms with Gasteiger partial charge in [0.2, 0.25) is 5.91 Å². The van der Waals surface area contributed by atoms with Gasteiger partial charge in [0, 0.05) is 17.2 Å². The summed E-state index contributed by atoms with van der Waals surface area (Å²) in [6.07, 6.45) is 1.20. The fourth-order valence-electron chi connectivity index (χ4n) is 1.49. The molecule has 20 heavy (non-hydrogen) atoms. The number of hydrogen-bond donors (Lipinski definition) is 2. The maximum atomic E-state index is 11.8. The molecule has 0 aromatic heterocycles. The highest BCUT2D eigenvalue weighted by Gasteiger charge is 2.06. The van der Waals surface area contributed by atoms with Crippen LogP contribution in [0.4, 0.5) is 5.69 Å². The van der Waals surface area contributed by atoms with Gasteiger partial charge in [-0.15, -0.1) is 0 Å². The lowest BCUT2D eigenvalue weighted by atomic mass is 10.1. The average molecular weight is 296 g/mol. The summed E-state index contributed by atoms with van der Waals surface area (Å²) in [5.41, 5.74) is 1.16. The zero-order valence-corrected chi connectivity index (χ0v) is 12.2. The fourth-order valence-corrected chi connectivity index (χ4v) is 1.66. The molecule has 1 aromatic rings. The van der Waals surface area contributed by atoms with E-state index >= 15 is 0 Å². The Hall–Kier alpha value is -1.54. The molecule has 0 saturated carbocycles. The molecule has 0 saturated heterocycles. The molecule has 1 amide bonds. The van der Waals surface area contributed by atoms with Crippen LogP contribution in [0.25, 0.3) is 0 Å². The number of carbonyl (C=O) groups excluding carboxylic acids is 1. The quantitative estimate of drug-likeness (QED) is 0.626. The summed E-state index contributed by atoms with van der Waals surface area (Å²) >= 11 is 5.91. The normalized spacial score (nSPS) is 9.75. The second kappa shape index (κ2) is 9.38. The molecule has 0 aliphatic carbocycles. The van der Waals surface area contributed by atoms with E-state index in [9.17, 15) is 4.79 Å². The first-order valence-corrected chi connectivity index (χ1v) is 6.82. The van der Waals surface area contributed by atoms with Crippen molar-refractivity contribution >= 4 is 23.2 Å². The summed E-state index contributed by atoms with van der Waals surface area (Å²) in [4.78, 5) is 11.8. The summed E-state index contributed by atoms with van der Waals surface area (Å²) in [6.45, 7) is 2.81. The second-order valence-electron chi connectivity index (χ2n) is 4.06. The molecule has 5 heteroatoms. The third-order valence-corrected chi connectivity index (χ3v) is 2.61. The number of aliphatic hydroxyl groups is 1. The van der Waals surface area contributed by atoms with Gasteiger partial charge in [-0.25, -0.2) is 0 Å². The van der Waals surface area contributed by atoms with Crippen molar-refractivity contribution in [2.45, 2.75) is 19.8 Å². The van der Waals surface area contributed by atoms with Gasteiger partial charge in [0.05, 0.1) is 18.7 Å². The molecule has 0 spiro atoms. The smallest absolute Gasteiger partial charge is 0.226 e. The Morgan fingerprint density at radius 1 is 1.45 bits per heavy atom. The standard InChI is InChI=1S/C15H18ClNO3/c1-2-9-20-10-7-15(19)17-14-11-13(16)6-5-12(14)4-3-8-18/h5-6,11,18H,2,7-10H2,1H3,(H,17,19). The summed E-state index contributed by atoms with van der Waals surface area (Å²) in [5.74, 6) is 5.15. The molecule has 0 heterocycles. The molecule has 0 aliphatic rings. The second-order valence-corrected chi connectivity index (χ2v) is 4.50. The SMILES string of the molecule is CCCOCCC(=O)Nc1cc(Cl)ccc1C#CCO. The molecule has 2 N–H and O–H groups in total. The minimum Gasteiger partial charge on any atom is -0.384 e. The number of ether oxygens (including phenoxy) is 1. The van der Waals surface area contributed by atoms with Gasteiger partial charge in [-0.3, -0.25) is 4.79 Å². The van der Waals surface area contributed by atoms with Crippen molar-refractivity contribution in [2.75, 3.05) is 25.1 Å². The van der Waals surface area contributed by atoms with Crippen molar-refractivity contribution in [2.24, 2.45) is 0 Å². The van der Waals surface area contributed by atoms with Crippen molar-refractivity contribution in [3.8, 4) is 11.8 Å².